The quantitative estimate of drug-likeness (QED) is 0.588. The number of oxime groups is 1. The Kier molecular flexibility index (Phi) is 7.31. The second kappa shape index (κ2) is 10.6. The molecule has 2 aromatic rings. The Hall–Kier alpha value is -2.89. The Morgan fingerprint density at radius 1 is 1.06 bits per heavy atom. The van der Waals surface area contributed by atoms with Gasteiger partial charge in [0.15, 0.2) is 0 Å². The molecule has 36 heavy (non-hydrogen) atoms. The maximum absolute atomic E-state index is 13.1. The molecule has 1 N–H and O–H groups in total. The summed E-state index contributed by atoms with van der Waals surface area (Å²) >= 11 is 9.63. The minimum atomic E-state index is -0.543. The third-order valence-corrected chi connectivity index (χ3v) is 7.45. The van der Waals surface area contributed by atoms with Crippen molar-refractivity contribution in [1.82, 2.24) is 14.9 Å². The molecule has 2 saturated heterocycles. The molecule has 2 fully saturated rings. The van der Waals surface area contributed by atoms with E-state index in [0.29, 0.717) is 75.0 Å². The summed E-state index contributed by atoms with van der Waals surface area (Å²) in [6, 6.07) is 10.9. The van der Waals surface area contributed by atoms with Crippen LogP contribution in [0.2, 0.25) is 5.02 Å². The van der Waals surface area contributed by atoms with E-state index in [2.05, 4.69) is 36.3 Å². The summed E-state index contributed by atoms with van der Waals surface area (Å²) in [5, 5.41) is 9.09. The predicted octanol–water partition coefficient (Wildman–Crippen LogP) is 3.92. The van der Waals surface area contributed by atoms with Gasteiger partial charge in [0.05, 0.1) is 5.02 Å². The largest absolute Gasteiger partial charge is 0.430 e. The van der Waals surface area contributed by atoms with Crippen LogP contribution in [0.15, 0.2) is 52.2 Å². The fourth-order valence-electron chi connectivity index (χ4n) is 4.59. The Morgan fingerprint density at radius 2 is 1.78 bits per heavy atom. The lowest BCUT2D eigenvalue weighted by Gasteiger charge is -2.36. The molecule has 0 atom stereocenters. The zero-order valence-corrected chi connectivity index (χ0v) is 21.9. The van der Waals surface area contributed by atoms with Crippen LogP contribution in [0.5, 0.6) is 0 Å². The Labute approximate surface area is 222 Å². The lowest BCUT2D eigenvalue weighted by molar-refractivity contribution is -0.154. The van der Waals surface area contributed by atoms with Crippen LogP contribution in [-0.4, -0.2) is 77.5 Å². The topological polar surface area (TPSA) is 99.6 Å². The zero-order chi connectivity index (χ0) is 25.1. The predicted molar refractivity (Wildman–Crippen MR) is 139 cm³/mol. The van der Waals surface area contributed by atoms with Gasteiger partial charge in [0, 0.05) is 74.9 Å². The first-order chi connectivity index (χ1) is 17.4. The summed E-state index contributed by atoms with van der Waals surface area (Å²) in [5.74, 6) is 0.650. The first kappa shape index (κ1) is 24.8. The van der Waals surface area contributed by atoms with Gasteiger partial charge in [0.25, 0.3) is 5.91 Å². The molecule has 2 amide bonds. The highest BCUT2D eigenvalue weighted by Gasteiger charge is 2.45. The molecule has 3 aliphatic heterocycles. The molecule has 0 aliphatic carbocycles. The van der Waals surface area contributed by atoms with Crippen LogP contribution in [-0.2, 0) is 14.5 Å². The number of carbonyl (C=O) groups is 2. The lowest BCUT2D eigenvalue weighted by Crippen LogP contribution is -2.51. The molecular weight excluding hydrogens is 552 g/mol. The van der Waals surface area contributed by atoms with E-state index in [9.17, 15) is 9.59 Å². The van der Waals surface area contributed by atoms with Crippen molar-refractivity contribution in [2.24, 2.45) is 5.16 Å². The number of rotatable bonds is 4. The van der Waals surface area contributed by atoms with Crippen LogP contribution in [0.1, 0.15) is 19.3 Å². The summed E-state index contributed by atoms with van der Waals surface area (Å²) in [5.41, 5.74) is 0.564. The average molecular weight is 578 g/mol. The molecule has 0 radical (unpaired) electrons. The number of nitrogens with one attached hydrogen (secondary N) is 1. The Bertz CT molecular complexity index is 1150. The van der Waals surface area contributed by atoms with Gasteiger partial charge in [0.1, 0.15) is 17.1 Å². The summed E-state index contributed by atoms with van der Waals surface area (Å²) in [6.07, 6.45) is 2.83. The van der Waals surface area contributed by atoms with Gasteiger partial charge >= 0.3 is 6.09 Å². The van der Waals surface area contributed by atoms with Crippen molar-refractivity contribution < 1.29 is 19.3 Å². The molecule has 10 nitrogen and oxygen atoms in total. The van der Waals surface area contributed by atoms with E-state index >= 15 is 0 Å². The van der Waals surface area contributed by atoms with Crippen molar-refractivity contribution >= 4 is 56.7 Å². The van der Waals surface area contributed by atoms with Gasteiger partial charge in [-0.1, -0.05) is 32.7 Å². The standard InChI is InChI=1S/C24H26BrClN6O4/c25-17-3-5-18(6-4-17)28-23(34)35-32-10-7-24(8-11-32)16-20(29-36-24)22(33)31-14-12-30(13-15-31)21-19(26)2-1-9-27-21/h1-6,9H,7-8,10-16H2,(H,28,34). The van der Waals surface area contributed by atoms with E-state index in [-0.39, 0.29) is 5.91 Å². The van der Waals surface area contributed by atoms with Gasteiger partial charge in [0.2, 0.25) is 0 Å². The van der Waals surface area contributed by atoms with E-state index in [0.717, 1.165) is 10.3 Å². The number of halogens is 2. The van der Waals surface area contributed by atoms with Crippen LogP contribution >= 0.6 is 27.5 Å². The highest BCUT2D eigenvalue weighted by molar-refractivity contribution is 9.10. The van der Waals surface area contributed by atoms with Crippen LogP contribution in [0, 0.1) is 0 Å². The molecular formula is C24H26BrClN6O4. The van der Waals surface area contributed by atoms with E-state index in [1.54, 1.807) is 34.4 Å². The number of pyridine rings is 1. The van der Waals surface area contributed by atoms with E-state index < -0.39 is 11.7 Å². The maximum atomic E-state index is 13.1. The number of hydrogen-bond donors (Lipinski definition) is 1. The van der Waals surface area contributed by atoms with Crippen molar-refractivity contribution in [1.29, 1.82) is 0 Å². The highest BCUT2D eigenvalue weighted by Crippen LogP contribution is 2.35. The first-order valence-electron chi connectivity index (χ1n) is 11.8. The molecule has 1 spiro atoms. The fourth-order valence-corrected chi connectivity index (χ4v) is 5.10. The number of piperidine rings is 1. The number of benzene rings is 1. The monoisotopic (exact) mass is 576 g/mol. The van der Waals surface area contributed by atoms with Gasteiger partial charge in [-0.3, -0.25) is 10.1 Å². The molecule has 4 heterocycles. The third-order valence-electron chi connectivity index (χ3n) is 6.63. The molecule has 0 bridgehead atoms. The van der Waals surface area contributed by atoms with Crippen molar-refractivity contribution in [3.05, 3.63) is 52.1 Å². The minimum absolute atomic E-state index is 0.0915. The molecule has 12 heteroatoms. The summed E-state index contributed by atoms with van der Waals surface area (Å²) < 4.78 is 0.927. The third kappa shape index (κ3) is 5.58. The van der Waals surface area contributed by atoms with Crippen molar-refractivity contribution in [2.75, 3.05) is 49.5 Å². The molecule has 5 rings (SSSR count). The zero-order valence-electron chi connectivity index (χ0n) is 19.5. The average Bonchev–Trinajstić information content (AvgIpc) is 3.30. The molecule has 190 valence electrons. The van der Waals surface area contributed by atoms with Gasteiger partial charge < -0.3 is 19.5 Å². The summed E-state index contributed by atoms with van der Waals surface area (Å²) in [4.78, 5) is 44.8. The number of carbonyl (C=O) groups excluding carboxylic acids is 2. The number of amides is 2. The number of aromatic nitrogens is 1. The first-order valence-corrected chi connectivity index (χ1v) is 13.0. The van der Waals surface area contributed by atoms with Crippen LogP contribution in [0.25, 0.3) is 0 Å². The number of hydrogen-bond acceptors (Lipinski definition) is 8. The number of anilines is 2. The van der Waals surface area contributed by atoms with Crippen LogP contribution < -0.4 is 10.2 Å². The maximum Gasteiger partial charge on any atom is 0.430 e. The number of nitrogens with zero attached hydrogens (tertiary/aromatic N) is 5. The molecule has 0 unspecified atom stereocenters. The van der Waals surface area contributed by atoms with Crippen molar-refractivity contribution in [2.45, 2.75) is 24.9 Å². The molecule has 0 saturated carbocycles. The number of hydroxylamine groups is 2. The Morgan fingerprint density at radius 3 is 2.47 bits per heavy atom. The van der Waals surface area contributed by atoms with Crippen LogP contribution in [0.4, 0.5) is 16.3 Å². The summed E-state index contributed by atoms with van der Waals surface area (Å²) in [6.45, 7) is 3.41. The van der Waals surface area contributed by atoms with E-state index in [1.165, 1.54) is 0 Å². The van der Waals surface area contributed by atoms with E-state index in [1.807, 2.05) is 18.2 Å². The SMILES string of the molecule is O=C(Nc1ccc(Br)cc1)ON1CCC2(CC1)CC(C(=O)N1CCN(c3ncccc3Cl)CC1)=NO2. The molecule has 1 aromatic heterocycles. The number of piperazine rings is 1. The second-order valence-corrected chi connectivity index (χ2v) is 10.3. The van der Waals surface area contributed by atoms with E-state index in [4.69, 9.17) is 21.3 Å². The van der Waals surface area contributed by atoms with Gasteiger partial charge in [-0.25, -0.2) is 9.78 Å². The second-order valence-electron chi connectivity index (χ2n) is 9.02. The van der Waals surface area contributed by atoms with Crippen molar-refractivity contribution in [3.63, 3.8) is 0 Å². The normalized spacial score (nSPS) is 19.6. The van der Waals surface area contributed by atoms with Crippen molar-refractivity contribution in [3.8, 4) is 0 Å². The van der Waals surface area contributed by atoms with Gasteiger partial charge in [-0.05, 0) is 36.4 Å². The smallest absolute Gasteiger partial charge is 0.388 e. The Balaban J connectivity index is 1.07. The fraction of sp³-hybridized carbons (Fsp3) is 0.417. The highest BCUT2D eigenvalue weighted by atomic mass is 79.9. The van der Waals surface area contributed by atoms with Gasteiger partial charge in [-0.2, -0.15) is 0 Å². The minimum Gasteiger partial charge on any atom is -0.388 e. The van der Waals surface area contributed by atoms with Crippen LogP contribution in [0.3, 0.4) is 0 Å². The van der Waals surface area contributed by atoms with Gasteiger partial charge in [-0.15, -0.1) is 5.06 Å². The lowest BCUT2D eigenvalue weighted by atomic mass is 9.87. The molecule has 3 aliphatic rings. The molecule has 1 aromatic carbocycles. The summed E-state index contributed by atoms with van der Waals surface area (Å²) in [7, 11) is 0.